The Labute approximate surface area is 132 Å². The van der Waals surface area contributed by atoms with E-state index in [1.165, 1.54) is 12.8 Å². The second-order valence-electron chi connectivity index (χ2n) is 5.43. The van der Waals surface area contributed by atoms with E-state index < -0.39 is 0 Å². The number of aromatic nitrogens is 3. The molecule has 3 aromatic rings. The highest BCUT2D eigenvalue weighted by Gasteiger charge is 2.15. The summed E-state index contributed by atoms with van der Waals surface area (Å²) in [5.41, 5.74) is 2.90. The van der Waals surface area contributed by atoms with E-state index in [1.54, 1.807) is 17.5 Å². The van der Waals surface area contributed by atoms with Crippen molar-refractivity contribution in [3.05, 3.63) is 35.7 Å². The predicted octanol–water partition coefficient (Wildman–Crippen LogP) is 3.77. The Morgan fingerprint density at radius 2 is 2.05 bits per heavy atom. The molecule has 0 aromatic carbocycles. The molecule has 0 radical (unpaired) electrons. The van der Waals surface area contributed by atoms with Gasteiger partial charge in [0.25, 0.3) is 0 Å². The Hall–Kier alpha value is -2.21. The van der Waals surface area contributed by atoms with Crippen LogP contribution in [-0.4, -0.2) is 28.2 Å². The lowest BCUT2D eigenvalue weighted by Crippen LogP contribution is -2.18. The molecular weight excluding hydrogens is 296 g/mol. The van der Waals surface area contributed by atoms with Crippen LogP contribution in [0.1, 0.15) is 18.6 Å². The quantitative estimate of drug-likeness (QED) is 0.737. The number of aryl methyl sites for hydroxylation is 1. The van der Waals surface area contributed by atoms with Crippen molar-refractivity contribution >= 4 is 17.2 Å². The van der Waals surface area contributed by atoms with E-state index in [0.29, 0.717) is 0 Å². The zero-order valence-electron chi connectivity index (χ0n) is 12.3. The van der Waals surface area contributed by atoms with Gasteiger partial charge < -0.3 is 9.42 Å². The van der Waals surface area contributed by atoms with E-state index >= 15 is 0 Å². The first-order valence-electron chi connectivity index (χ1n) is 7.40. The minimum Gasteiger partial charge on any atom is -0.361 e. The maximum atomic E-state index is 5.10. The number of pyridine rings is 1. The minimum absolute atomic E-state index is 0.791. The number of rotatable bonds is 3. The van der Waals surface area contributed by atoms with Gasteiger partial charge in [0.05, 0.1) is 17.5 Å². The van der Waals surface area contributed by atoms with Crippen molar-refractivity contribution in [3.63, 3.8) is 0 Å². The largest absolute Gasteiger partial charge is 0.361 e. The molecule has 4 heterocycles. The normalized spacial score (nSPS) is 14.7. The molecule has 1 saturated heterocycles. The first-order chi connectivity index (χ1) is 10.8. The molecule has 112 valence electrons. The predicted molar refractivity (Wildman–Crippen MR) is 87.0 cm³/mol. The van der Waals surface area contributed by atoms with Crippen molar-refractivity contribution in [3.8, 4) is 21.8 Å². The van der Waals surface area contributed by atoms with Gasteiger partial charge in [0, 0.05) is 30.2 Å². The summed E-state index contributed by atoms with van der Waals surface area (Å²) in [6.07, 6.45) is 6.15. The Kier molecular flexibility index (Phi) is 3.38. The number of nitrogens with zero attached hydrogens (tertiary/aromatic N) is 4. The van der Waals surface area contributed by atoms with E-state index in [0.717, 1.165) is 46.5 Å². The summed E-state index contributed by atoms with van der Waals surface area (Å²) >= 11 is 1.61. The van der Waals surface area contributed by atoms with Crippen LogP contribution in [0.5, 0.6) is 0 Å². The van der Waals surface area contributed by atoms with Crippen LogP contribution in [0.3, 0.4) is 0 Å². The molecule has 4 rings (SSSR count). The molecule has 5 nitrogen and oxygen atoms in total. The SMILES string of the molecule is Cc1oncc1-c1csc(-c2ccc(N3CCCC3)nc2)n1. The van der Waals surface area contributed by atoms with Crippen molar-refractivity contribution in [2.24, 2.45) is 0 Å². The van der Waals surface area contributed by atoms with Gasteiger partial charge in [-0.15, -0.1) is 11.3 Å². The molecule has 0 spiro atoms. The summed E-state index contributed by atoms with van der Waals surface area (Å²) in [7, 11) is 0. The number of hydrogen-bond acceptors (Lipinski definition) is 6. The van der Waals surface area contributed by atoms with Crippen LogP contribution in [0.4, 0.5) is 5.82 Å². The summed E-state index contributed by atoms with van der Waals surface area (Å²) in [6, 6.07) is 4.19. The molecular formula is C16H16N4OS. The van der Waals surface area contributed by atoms with Gasteiger partial charge in [-0.05, 0) is 31.9 Å². The van der Waals surface area contributed by atoms with Crippen LogP contribution < -0.4 is 4.90 Å². The third kappa shape index (κ3) is 2.39. The molecule has 0 N–H and O–H groups in total. The second kappa shape index (κ2) is 5.53. The van der Waals surface area contributed by atoms with Crippen molar-refractivity contribution in [1.29, 1.82) is 0 Å². The first-order valence-corrected chi connectivity index (χ1v) is 8.28. The van der Waals surface area contributed by atoms with E-state index in [9.17, 15) is 0 Å². The van der Waals surface area contributed by atoms with E-state index in [4.69, 9.17) is 4.52 Å². The third-order valence-electron chi connectivity index (χ3n) is 3.96. The molecule has 22 heavy (non-hydrogen) atoms. The first kappa shape index (κ1) is 13.5. The molecule has 0 unspecified atom stereocenters. The van der Waals surface area contributed by atoms with Gasteiger partial charge in [-0.3, -0.25) is 0 Å². The van der Waals surface area contributed by atoms with Crippen LogP contribution in [0.2, 0.25) is 0 Å². The van der Waals surface area contributed by atoms with Gasteiger partial charge in [-0.25, -0.2) is 9.97 Å². The van der Waals surface area contributed by atoms with Gasteiger partial charge in [0.1, 0.15) is 16.6 Å². The van der Waals surface area contributed by atoms with Gasteiger partial charge >= 0.3 is 0 Å². The molecule has 3 aromatic heterocycles. The highest BCUT2D eigenvalue weighted by molar-refractivity contribution is 7.13. The van der Waals surface area contributed by atoms with Gasteiger partial charge in [0.15, 0.2) is 0 Å². The Morgan fingerprint density at radius 3 is 2.73 bits per heavy atom. The molecule has 0 bridgehead atoms. The monoisotopic (exact) mass is 312 g/mol. The Balaban J connectivity index is 1.60. The van der Waals surface area contributed by atoms with Gasteiger partial charge in [0.2, 0.25) is 0 Å². The van der Waals surface area contributed by atoms with Crippen molar-refractivity contribution in [2.75, 3.05) is 18.0 Å². The third-order valence-corrected chi connectivity index (χ3v) is 4.85. The van der Waals surface area contributed by atoms with Crippen LogP contribution in [0, 0.1) is 6.92 Å². The summed E-state index contributed by atoms with van der Waals surface area (Å²) in [5, 5.41) is 6.81. The zero-order valence-corrected chi connectivity index (χ0v) is 13.1. The fraction of sp³-hybridized carbons (Fsp3) is 0.312. The van der Waals surface area contributed by atoms with Gasteiger partial charge in [-0.2, -0.15) is 0 Å². The van der Waals surface area contributed by atoms with E-state index in [2.05, 4.69) is 32.2 Å². The van der Waals surface area contributed by atoms with Crippen LogP contribution in [-0.2, 0) is 0 Å². The molecule has 1 aliphatic rings. The zero-order chi connectivity index (χ0) is 14.9. The number of anilines is 1. The molecule has 1 fully saturated rings. The van der Waals surface area contributed by atoms with Crippen LogP contribution in [0.15, 0.2) is 34.4 Å². The second-order valence-corrected chi connectivity index (χ2v) is 6.29. The average molecular weight is 312 g/mol. The standard InChI is InChI=1S/C16H16N4OS/c1-11-13(9-18-21-11)14-10-22-16(19-14)12-4-5-15(17-8-12)20-6-2-3-7-20/h4-5,8-10H,2-3,6-7H2,1H3. The summed E-state index contributed by atoms with van der Waals surface area (Å²) < 4.78 is 5.10. The van der Waals surface area contributed by atoms with Crippen molar-refractivity contribution < 1.29 is 4.52 Å². The fourth-order valence-electron chi connectivity index (χ4n) is 2.72. The molecule has 6 heteroatoms. The lowest BCUT2D eigenvalue weighted by atomic mass is 10.2. The summed E-state index contributed by atoms with van der Waals surface area (Å²) in [6.45, 7) is 4.12. The smallest absolute Gasteiger partial charge is 0.143 e. The maximum absolute atomic E-state index is 5.10. The highest BCUT2D eigenvalue weighted by Crippen LogP contribution is 2.30. The molecule has 0 saturated carbocycles. The summed E-state index contributed by atoms with van der Waals surface area (Å²) in [5.74, 6) is 1.85. The number of thiazole rings is 1. The Morgan fingerprint density at radius 1 is 1.18 bits per heavy atom. The van der Waals surface area contributed by atoms with Gasteiger partial charge in [-0.1, -0.05) is 5.16 Å². The molecule has 1 aliphatic heterocycles. The van der Waals surface area contributed by atoms with Crippen LogP contribution in [0.25, 0.3) is 21.8 Å². The Bertz CT molecular complexity index is 772. The van der Waals surface area contributed by atoms with E-state index in [1.807, 2.05) is 18.5 Å². The molecule has 0 atom stereocenters. The molecule has 0 amide bonds. The van der Waals surface area contributed by atoms with E-state index in [-0.39, 0.29) is 0 Å². The molecule has 0 aliphatic carbocycles. The summed E-state index contributed by atoms with van der Waals surface area (Å²) in [4.78, 5) is 11.6. The maximum Gasteiger partial charge on any atom is 0.143 e. The van der Waals surface area contributed by atoms with Crippen LogP contribution >= 0.6 is 11.3 Å². The van der Waals surface area contributed by atoms with Crippen molar-refractivity contribution in [2.45, 2.75) is 19.8 Å². The fourth-order valence-corrected chi connectivity index (χ4v) is 3.53. The average Bonchev–Trinajstić information content (AvgIpc) is 3.28. The lowest BCUT2D eigenvalue weighted by molar-refractivity contribution is 0.398. The topological polar surface area (TPSA) is 55.1 Å². The number of hydrogen-bond donors (Lipinski definition) is 0. The minimum atomic E-state index is 0.791. The lowest BCUT2D eigenvalue weighted by Gasteiger charge is -2.15. The van der Waals surface area contributed by atoms with Crippen molar-refractivity contribution in [1.82, 2.24) is 15.1 Å². The highest BCUT2D eigenvalue weighted by atomic mass is 32.1.